The monoisotopic (exact) mass is 446 g/mol. The van der Waals surface area contributed by atoms with Crippen molar-refractivity contribution in [2.45, 2.75) is 57.8 Å². The summed E-state index contributed by atoms with van der Waals surface area (Å²) >= 11 is 3.45. The van der Waals surface area contributed by atoms with Gasteiger partial charge < -0.3 is 9.47 Å². The summed E-state index contributed by atoms with van der Waals surface area (Å²) in [6.45, 7) is 1.61. The van der Waals surface area contributed by atoms with Crippen LogP contribution in [0.25, 0.3) is 5.76 Å². The molecule has 0 amide bonds. The molecule has 4 heteroatoms. The Kier molecular flexibility index (Phi) is 6.77. The average Bonchev–Trinajstić information content (AvgIpc) is 2.63. The second-order valence-corrected chi connectivity index (χ2v) is 9.66. The minimum absolute atomic E-state index is 0.000531. The maximum atomic E-state index is 10.7. The van der Waals surface area contributed by atoms with E-state index in [1.807, 2.05) is 0 Å². The van der Waals surface area contributed by atoms with E-state index in [1.54, 1.807) is 0 Å². The zero-order valence-electron chi connectivity index (χ0n) is 16.6. The lowest BCUT2D eigenvalue weighted by Crippen LogP contribution is -2.31. The minimum atomic E-state index is 0.000531. The highest BCUT2D eigenvalue weighted by Crippen LogP contribution is 2.39. The maximum Gasteiger partial charge on any atom is 0.305 e. The van der Waals surface area contributed by atoms with Crippen LogP contribution in [0.4, 0.5) is 0 Å². The number of rotatable bonds is 3. The summed E-state index contributed by atoms with van der Waals surface area (Å²) in [5.74, 6) is 4.33. The van der Waals surface area contributed by atoms with Crippen LogP contribution in [-0.4, -0.2) is 19.2 Å². The summed E-state index contributed by atoms with van der Waals surface area (Å²) in [6.07, 6.45) is 13.5. The van der Waals surface area contributed by atoms with E-state index >= 15 is 0 Å². The lowest BCUT2D eigenvalue weighted by atomic mass is 9.74. The Labute approximate surface area is 177 Å². The van der Waals surface area contributed by atoms with E-state index in [9.17, 15) is 4.79 Å². The molecule has 2 aliphatic carbocycles. The number of benzene rings is 1. The fourth-order valence-corrected chi connectivity index (χ4v) is 4.84. The van der Waals surface area contributed by atoms with Gasteiger partial charge in [0.2, 0.25) is 0 Å². The van der Waals surface area contributed by atoms with Crippen molar-refractivity contribution in [2.24, 2.45) is 23.7 Å². The summed E-state index contributed by atoms with van der Waals surface area (Å²) in [4.78, 5) is 10.7. The number of carbonyl (C=O) groups excluding carboxylic acids is 1. The van der Waals surface area contributed by atoms with E-state index < -0.39 is 0 Å². The summed E-state index contributed by atoms with van der Waals surface area (Å²) in [5.41, 5.74) is 1.19. The number of ether oxygens (including phenoxy) is 2. The molecule has 0 aromatic heterocycles. The van der Waals surface area contributed by atoms with Gasteiger partial charge in [-0.15, -0.1) is 0 Å². The van der Waals surface area contributed by atoms with Crippen molar-refractivity contribution in [1.29, 1.82) is 0 Å². The SMILES string of the molecule is Brc1ccc(C2=CCC(C3CCC3)CO2)cc1.O=C1CCC(C2CCC2)CO1. The molecular formula is C24H31BrO3. The predicted octanol–water partition coefficient (Wildman–Crippen LogP) is 6.37. The van der Waals surface area contributed by atoms with Crippen LogP contribution in [0.2, 0.25) is 0 Å². The zero-order chi connectivity index (χ0) is 19.3. The molecule has 2 atom stereocenters. The molecule has 1 aromatic rings. The number of esters is 1. The Morgan fingerprint density at radius 3 is 1.93 bits per heavy atom. The van der Waals surface area contributed by atoms with Crippen molar-refractivity contribution in [3.8, 4) is 0 Å². The van der Waals surface area contributed by atoms with Crippen LogP contribution in [0, 0.1) is 23.7 Å². The van der Waals surface area contributed by atoms with Gasteiger partial charge in [-0.2, -0.15) is 0 Å². The second-order valence-electron chi connectivity index (χ2n) is 8.75. The molecule has 2 aliphatic heterocycles. The molecule has 1 aromatic carbocycles. The molecule has 2 unspecified atom stereocenters. The molecule has 4 aliphatic rings. The van der Waals surface area contributed by atoms with Gasteiger partial charge in [-0.05, 0) is 54.7 Å². The Morgan fingerprint density at radius 2 is 1.43 bits per heavy atom. The van der Waals surface area contributed by atoms with E-state index in [1.165, 1.54) is 50.5 Å². The molecule has 28 heavy (non-hydrogen) atoms. The number of allylic oxidation sites excluding steroid dienone is 1. The fourth-order valence-electron chi connectivity index (χ4n) is 4.58. The Balaban J connectivity index is 0.000000151. The van der Waals surface area contributed by atoms with E-state index in [0.717, 1.165) is 41.0 Å². The lowest BCUT2D eigenvalue weighted by molar-refractivity contribution is -0.151. The van der Waals surface area contributed by atoms with Gasteiger partial charge in [0.15, 0.2) is 0 Å². The number of hydrogen-bond donors (Lipinski definition) is 0. The highest BCUT2D eigenvalue weighted by Gasteiger charge is 2.31. The van der Waals surface area contributed by atoms with Crippen molar-refractivity contribution < 1.29 is 14.3 Å². The second kappa shape index (κ2) is 9.47. The number of cyclic esters (lactones) is 1. The standard InChI is InChI=1S/C15H17BrO.C9H14O2/c16-14-7-4-12(5-8-14)15-9-6-13(10-17-15)11-2-1-3-11;10-9-5-4-8(6-11-9)7-2-1-3-7/h4-5,7-9,11,13H,1-3,6,10H2;7-8H,1-6H2. The van der Waals surface area contributed by atoms with E-state index in [-0.39, 0.29) is 5.97 Å². The third-order valence-electron chi connectivity index (χ3n) is 7.00. The van der Waals surface area contributed by atoms with Crippen molar-refractivity contribution in [2.75, 3.05) is 13.2 Å². The lowest BCUT2D eigenvalue weighted by Gasteiger charge is -2.35. The molecule has 0 spiro atoms. The highest BCUT2D eigenvalue weighted by molar-refractivity contribution is 9.10. The van der Waals surface area contributed by atoms with Gasteiger partial charge in [-0.3, -0.25) is 4.79 Å². The molecule has 3 nitrogen and oxygen atoms in total. The molecule has 0 bridgehead atoms. The van der Waals surface area contributed by atoms with Crippen LogP contribution in [0.5, 0.6) is 0 Å². The normalized spacial score (nSPS) is 27.9. The molecule has 152 valence electrons. The summed E-state index contributed by atoms with van der Waals surface area (Å²) < 4.78 is 12.0. The van der Waals surface area contributed by atoms with E-state index in [2.05, 4.69) is 46.3 Å². The van der Waals surface area contributed by atoms with Crippen LogP contribution < -0.4 is 0 Å². The van der Waals surface area contributed by atoms with E-state index in [0.29, 0.717) is 18.9 Å². The van der Waals surface area contributed by atoms with Crippen LogP contribution in [0.15, 0.2) is 34.8 Å². The first-order chi connectivity index (χ1) is 13.7. The Bertz CT molecular complexity index is 678. The van der Waals surface area contributed by atoms with Gasteiger partial charge >= 0.3 is 5.97 Å². The van der Waals surface area contributed by atoms with Gasteiger partial charge in [0, 0.05) is 16.5 Å². The molecule has 5 rings (SSSR count). The molecular weight excluding hydrogens is 416 g/mol. The highest BCUT2D eigenvalue weighted by atomic mass is 79.9. The van der Waals surface area contributed by atoms with E-state index in [4.69, 9.17) is 9.47 Å². The first-order valence-electron chi connectivity index (χ1n) is 10.9. The number of carbonyl (C=O) groups is 1. The fraction of sp³-hybridized carbons (Fsp3) is 0.625. The summed E-state index contributed by atoms with van der Waals surface area (Å²) in [5, 5.41) is 0. The van der Waals surface area contributed by atoms with Crippen LogP contribution in [0.1, 0.15) is 63.4 Å². The van der Waals surface area contributed by atoms with Crippen molar-refractivity contribution >= 4 is 27.7 Å². The Hall–Kier alpha value is -1.29. The predicted molar refractivity (Wildman–Crippen MR) is 115 cm³/mol. The molecule has 0 radical (unpaired) electrons. The Morgan fingerprint density at radius 1 is 0.786 bits per heavy atom. The summed E-state index contributed by atoms with van der Waals surface area (Å²) in [7, 11) is 0. The van der Waals surface area contributed by atoms with Crippen LogP contribution >= 0.6 is 15.9 Å². The quantitative estimate of drug-likeness (QED) is 0.506. The topological polar surface area (TPSA) is 35.5 Å². The number of halogens is 1. The largest absolute Gasteiger partial charge is 0.493 e. The first-order valence-corrected chi connectivity index (χ1v) is 11.7. The minimum Gasteiger partial charge on any atom is -0.493 e. The number of hydrogen-bond acceptors (Lipinski definition) is 3. The van der Waals surface area contributed by atoms with Crippen molar-refractivity contribution in [3.05, 3.63) is 40.4 Å². The zero-order valence-corrected chi connectivity index (χ0v) is 18.2. The third kappa shape index (κ3) is 5.00. The van der Waals surface area contributed by atoms with Gasteiger partial charge in [-0.1, -0.05) is 66.6 Å². The van der Waals surface area contributed by atoms with Gasteiger partial charge in [0.25, 0.3) is 0 Å². The van der Waals surface area contributed by atoms with Gasteiger partial charge in [-0.25, -0.2) is 0 Å². The molecule has 1 saturated heterocycles. The maximum absolute atomic E-state index is 10.7. The molecule has 2 saturated carbocycles. The van der Waals surface area contributed by atoms with Crippen LogP contribution in [-0.2, 0) is 14.3 Å². The first kappa shape index (κ1) is 20.0. The summed E-state index contributed by atoms with van der Waals surface area (Å²) in [6, 6.07) is 8.36. The van der Waals surface area contributed by atoms with Gasteiger partial charge in [0.05, 0.1) is 13.2 Å². The molecule has 2 heterocycles. The average molecular weight is 447 g/mol. The molecule has 3 fully saturated rings. The van der Waals surface area contributed by atoms with Crippen molar-refractivity contribution in [1.82, 2.24) is 0 Å². The van der Waals surface area contributed by atoms with Crippen LogP contribution in [0.3, 0.4) is 0 Å². The molecule has 0 N–H and O–H groups in total. The third-order valence-corrected chi connectivity index (χ3v) is 7.53. The van der Waals surface area contributed by atoms with Crippen molar-refractivity contribution in [3.63, 3.8) is 0 Å². The smallest absolute Gasteiger partial charge is 0.305 e. The van der Waals surface area contributed by atoms with Gasteiger partial charge in [0.1, 0.15) is 5.76 Å².